The number of aryl methyl sites for hydroxylation is 1. The fourth-order valence-electron chi connectivity index (χ4n) is 1.93. The van der Waals surface area contributed by atoms with Crippen LogP contribution in [0.15, 0.2) is 30.3 Å². The van der Waals surface area contributed by atoms with Crippen molar-refractivity contribution in [2.75, 3.05) is 17.3 Å². The Kier molecular flexibility index (Phi) is 5.48. The molecular formula is C15H21N5O. The summed E-state index contributed by atoms with van der Waals surface area (Å²) in [6, 6.07) is 10.1. The van der Waals surface area contributed by atoms with E-state index in [2.05, 4.69) is 45.8 Å². The Morgan fingerprint density at radius 2 is 2.00 bits per heavy atom. The highest BCUT2D eigenvalue weighted by molar-refractivity contribution is 5.47. The van der Waals surface area contributed by atoms with Crippen LogP contribution in [0.5, 0.6) is 0 Å². The lowest BCUT2D eigenvalue weighted by Crippen LogP contribution is -2.13. The number of anilines is 2. The molecule has 0 atom stereocenters. The SMILES string of the molecule is CCOCc1nc(NN)cc(NCc2cccc(C)c2)n1. The van der Waals surface area contributed by atoms with Crippen LogP contribution in [0, 0.1) is 6.92 Å². The van der Waals surface area contributed by atoms with Crippen LogP contribution < -0.4 is 16.6 Å². The van der Waals surface area contributed by atoms with Gasteiger partial charge in [0.2, 0.25) is 0 Å². The third kappa shape index (κ3) is 4.70. The minimum atomic E-state index is 0.366. The quantitative estimate of drug-likeness (QED) is 0.535. The third-order valence-electron chi connectivity index (χ3n) is 2.91. The van der Waals surface area contributed by atoms with Crippen molar-refractivity contribution >= 4 is 11.6 Å². The van der Waals surface area contributed by atoms with Gasteiger partial charge in [-0.1, -0.05) is 29.8 Å². The average Bonchev–Trinajstić information content (AvgIpc) is 2.51. The van der Waals surface area contributed by atoms with E-state index in [0.717, 1.165) is 0 Å². The van der Waals surface area contributed by atoms with Crippen molar-refractivity contribution in [3.63, 3.8) is 0 Å². The molecule has 2 aromatic rings. The second-order valence-corrected chi connectivity index (χ2v) is 4.68. The molecule has 1 aromatic carbocycles. The Morgan fingerprint density at radius 3 is 2.71 bits per heavy atom. The molecule has 1 heterocycles. The molecular weight excluding hydrogens is 266 g/mol. The Morgan fingerprint density at radius 1 is 1.19 bits per heavy atom. The second-order valence-electron chi connectivity index (χ2n) is 4.68. The Balaban J connectivity index is 2.07. The van der Waals surface area contributed by atoms with Gasteiger partial charge in [0.25, 0.3) is 0 Å². The topological polar surface area (TPSA) is 85.1 Å². The number of hydrogen-bond acceptors (Lipinski definition) is 6. The standard InChI is InChI=1S/C15H21N5O/c1-3-21-10-15-18-13(8-14(19-15)20-16)17-9-12-6-4-5-11(2)7-12/h4-8H,3,9-10,16H2,1-2H3,(H2,17,18,19,20). The third-order valence-corrected chi connectivity index (χ3v) is 2.91. The lowest BCUT2D eigenvalue weighted by molar-refractivity contribution is 0.128. The fraction of sp³-hybridized carbons (Fsp3) is 0.333. The van der Waals surface area contributed by atoms with Gasteiger partial charge in [-0.25, -0.2) is 15.8 Å². The van der Waals surface area contributed by atoms with Crippen LogP contribution in [-0.2, 0) is 17.9 Å². The van der Waals surface area contributed by atoms with Gasteiger partial charge in [0.1, 0.15) is 18.2 Å². The summed E-state index contributed by atoms with van der Waals surface area (Å²) in [5.74, 6) is 7.31. The normalized spacial score (nSPS) is 10.4. The van der Waals surface area contributed by atoms with Crippen molar-refractivity contribution in [1.82, 2.24) is 9.97 Å². The molecule has 0 saturated heterocycles. The molecule has 0 amide bonds. The second kappa shape index (κ2) is 7.56. The van der Waals surface area contributed by atoms with Gasteiger partial charge in [-0.15, -0.1) is 0 Å². The van der Waals surface area contributed by atoms with E-state index < -0.39 is 0 Å². The number of ether oxygens (including phenoxy) is 1. The van der Waals surface area contributed by atoms with Gasteiger partial charge >= 0.3 is 0 Å². The Labute approximate surface area is 124 Å². The predicted molar refractivity (Wildman–Crippen MR) is 83.7 cm³/mol. The lowest BCUT2D eigenvalue weighted by Gasteiger charge is -2.10. The van der Waals surface area contributed by atoms with E-state index in [1.165, 1.54) is 11.1 Å². The summed E-state index contributed by atoms with van der Waals surface area (Å²) in [7, 11) is 0. The molecule has 0 aliphatic rings. The summed E-state index contributed by atoms with van der Waals surface area (Å²) in [6.45, 7) is 5.68. The number of benzene rings is 1. The van der Waals surface area contributed by atoms with Gasteiger partial charge < -0.3 is 15.5 Å². The highest BCUT2D eigenvalue weighted by Crippen LogP contribution is 2.13. The maximum atomic E-state index is 5.43. The van der Waals surface area contributed by atoms with Gasteiger partial charge in [0, 0.05) is 19.2 Å². The maximum absolute atomic E-state index is 5.43. The summed E-state index contributed by atoms with van der Waals surface area (Å²) in [4.78, 5) is 8.66. The molecule has 2 rings (SSSR count). The minimum absolute atomic E-state index is 0.366. The van der Waals surface area contributed by atoms with E-state index in [9.17, 15) is 0 Å². The molecule has 4 N–H and O–H groups in total. The van der Waals surface area contributed by atoms with E-state index in [1.54, 1.807) is 6.07 Å². The van der Waals surface area contributed by atoms with Crippen LogP contribution in [0.25, 0.3) is 0 Å². The molecule has 1 aromatic heterocycles. The van der Waals surface area contributed by atoms with Crippen molar-refractivity contribution in [2.24, 2.45) is 5.84 Å². The van der Waals surface area contributed by atoms with E-state index in [1.807, 2.05) is 13.0 Å². The van der Waals surface area contributed by atoms with Gasteiger partial charge in [-0.05, 0) is 19.4 Å². The smallest absolute Gasteiger partial charge is 0.158 e. The molecule has 21 heavy (non-hydrogen) atoms. The van der Waals surface area contributed by atoms with Crippen LogP contribution in [0.3, 0.4) is 0 Å². The summed E-state index contributed by atoms with van der Waals surface area (Å²) >= 11 is 0. The van der Waals surface area contributed by atoms with Gasteiger partial charge in [0.15, 0.2) is 5.82 Å². The first-order chi connectivity index (χ1) is 10.2. The molecule has 6 heteroatoms. The lowest BCUT2D eigenvalue weighted by atomic mass is 10.1. The molecule has 0 spiro atoms. The molecule has 0 saturated carbocycles. The molecule has 0 radical (unpaired) electrons. The average molecular weight is 287 g/mol. The number of aromatic nitrogens is 2. The number of nitrogens with one attached hydrogen (secondary N) is 2. The zero-order chi connectivity index (χ0) is 15.1. The van der Waals surface area contributed by atoms with Crippen LogP contribution >= 0.6 is 0 Å². The number of nitrogens with two attached hydrogens (primary N) is 1. The molecule has 0 unspecified atom stereocenters. The van der Waals surface area contributed by atoms with E-state index in [4.69, 9.17) is 10.6 Å². The predicted octanol–water partition coefficient (Wildman–Crippen LogP) is 2.22. The van der Waals surface area contributed by atoms with E-state index in [0.29, 0.717) is 37.2 Å². The zero-order valence-electron chi connectivity index (χ0n) is 12.4. The largest absolute Gasteiger partial charge is 0.374 e. The highest BCUT2D eigenvalue weighted by Gasteiger charge is 2.04. The van der Waals surface area contributed by atoms with E-state index >= 15 is 0 Å². The first-order valence-corrected chi connectivity index (χ1v) is 6.93. The molecule has 0 fully saturated rings. The molecule has 6 nitrogen and oxygen atoms in total. The summed E-state index contributed by atoms with van der Waals surface area (Å²) < 4.78 is 5.33. The molecule has 0 bridgehead atoms. The monoisotopic (exact) mass is 287 g/mol. The fourth-order valence-corrected chi connectivity index (χ4v) is 1.93. The Hall–Kier alpha value is -2.18. The van der Waals surface area contributed by atoms with Crippen LogP contribution in [0.2, 0.25) is 0 Å². The van der Waals surface area contributed by atoms with Crippen LogP contribution in [0.1, 0.15) is 23.9 Å². The number of rotatable bonds is 7. The maximum Gasteiger partial charge on any atom is 0.158 e. The summed E-state index contributed by atoms with van der Waals surface area (Å²) in [6.07, 6.45) is 0. The van der Waals surface area contributed by atoms with Gasteiger partial charge in [-0.3, -0.25) is 0 Å². The molecule has 112 valence electrons. The van der Waals surface area contributed by atoms with Crippen molar-refractivity contribution in [2.45, 2.75) is 27.0 Å². The molecule has 0 aliphatic heterocycles. The number of hydrogen-bond donors (Lipinski definition) is 3. The van der Waals surface area contributed by atoms with E-state index in [-0.39, 0.29) is 0 Å². The number of hydrazine groups is 1. The molecule has 0 aliphatic carbocycles. The van der Waals surface area contributed by atoms with Crippen molar-refractivity contribution in [3.05, 3.63) is 47.3 Å². The van der Waals surface area contributed by atoms with Crippen molar-refractivity contribution in [3.8, 4) is 0 Å². The summed E-state index contributed by atoms with van der Waals surface area (Å²) in [5.41, 5.74) is 4.98. The number of nitrogen functional groups attached to an aromatic ring is 1. The van der Waals surface area contributed by atoms with Crippen LogP contribution in [-0.4, -0.2) is 16.6 Å². The first-order valence-electron chi connectivity index (χ1n) is 6.93. The van der Waals surface area contributed by atoms with Crippen molar-refractivity contribution < 1.29 is 4.74 Å². The minimum Gasteiger partial charge on any atom is -0.374 e. The zero-order valence-corrected chi connectivity index (χ0v) is 12.4. The van der Waals surface area contributed by atoms with Gasteiger partial charge in [-0.2, -0.15) is 0 Å². The number of nitrogens with zero attached hydrogens (tertiary/aromatic N) is 2. The van der Waals surface area contributed by atoms with Crippen LogP contribution in [0.4, 0.5) is 11.6 Å². The first kappa shape index (κ1) is 15.2. The Bertz CT molecular complexity index is 588. The summed E-state index contributed by atoms with van der Waals surface area (Å²) in [5, 5.41) is 3.28. The van der Waals surface area contributed by atoms with Crippen molar-refractivity contribution in [1.29, 1.82) is 0 Å². The highest BCUT2D eigenvalue weighted by atomic mass is 16.5. The van der Waals surface area contributed by atoms with Gasteiger partial charge in [0.05, 0.1) is 0 Å².